The lowest BCUT2D eigenvalue weighted by Gasteiger charge is -2.17. The van der Waals surface area contributed by atoms with Crippen molar-refractivity contribution in [1.29, 1.82) is 0 Å². The molecule has 7 nitrogen and oxygen atoms in total. The Labute approximate surface area is 227 Å². The first-order valence-corrected chi connectivity index (χ1v) is 14.5. The summed E-state index contributed by atoms with van der Waals surface area (Å²) in [7, 11) is 0. The van der Waals surface area contributed by atoms with Crippen LogP contribution in [-0.2, 0) is 14.3 Å². The number of halogens is 1. The Hall–Kier alpha value is -1.50. The Balaban J connectivity index is 0. The van der Waals surface area contributed by atoms with E-state index >= 15 is 0 Å². The van der Waals surface area contributed by atoms with Crippen molar-refractivity contribution in [2.45, 2.75) is 148 Å². The quantitative estimate of drug-likeness (QED) is 0.0532. The smallest absolute Gasteiger partial charge is 0.328 e. The monoisotopic (exact) mass is 532 g/mol. The molecule has 1 atom stereocenters. The minimum Gasteiger partial charge on any atom is -0.464 e. The van der Waals surface area contributed by atoms with Gasteiger partial charge in [-0.15, -0.1) is 12.4 Å². The highest BCUT2D eigenvalue weighted by Crippen LogP contribution is 2.13. The van der Waals surface area contributed by atoms with Crippen LogP contribution in [0.15, 0.2) is 4.99 Å². The maximum absolute atomic E-state index is 12.5. The Bertz CT molecular complexity index is 543. The third-order valence-corrected chi connectivity index (χ3v) is 6.31. The molecule has 0 aliphatic carbocycles. The predicted molar refractivity (Wildman–Crippen MR) is 155 cm³/mol. The van der Waals surface area contributed by atoms with Gasteiger partial charge in [0, 0.05) is 13.0 Å². The zero-order valence-corrected chi connectivity index (χ0v) is 24.2. The van der Waals surface area contributed by atoms with E-state index in [-0.39, 0.29) is 30.2 Å². The van der Waals surface area contributed by atoms with Crippen molar-refractivity contribution in [2.75, 3.05) is 13.2 Å². The standard InChI is InChI=1S/C28H56N4O3.ClH/c1-3-5-7-9-10-11-12-13-14-15-16-17-18-22-26(33)32-25(21-20-23-31-28(29)30)27(34)35-24-19-8-6-4-2;/h25H,3-24H2,1-2H3,(H,32,33)(H4,29,30,31);1H/t25-;/m0./s1. The van der Waals surface area contributed by atoms with Crippen LogP contribution in [0, 0.1) is 0 Å². The van der Waals surface area contributed by atoms with Crippen LogP contribution in [0.4, 0.5) is 0 Å². The Morgan fingerprint density at radius 1 is 0.722 bits per heavy atom. The summed E-state index contributed by atoms with van der Waals surface area (Å²) >= 11 is 0. The second-order valence-electron chi connectivity index (χ2n) is 9.79. The van der Waals surface area contributed by atoms with Gasteiger partial charge in [0.25, 0.3) is 0 Å². The number of nitrogens with two attached hydrogens (primary N) is 2. The van der Waals surface area contributed by atoms with E-state index in [1.165, 1.54) is 70.6 Å². The molecule has 0 rings (SSSR count). The van der Waals surface area contributed by atoms with Gasteiger partial charge in [0.15, 0.2) is 5.96 Å². The lowest BCUT2D eigenvalue weighted by molar-refractivity contribution is -0.148. The summed E-state index contributed by atoms with van der Waals surface area (Å²) in [5, 5.41) is 2.88. The third kappa shape index (κ3) is 25.6. The number of rotatable bonds is 25. The van der Waals surface area contributed by atoms with E-state index in [1.54, 1.807) is 0 Å². The summed E-state index contributed by atoms with van der Waals surface area (Å²) in [4.78, 5) is 28.9. The van der Waals surface area contributed by atoms with Crippen LogP contribution in [0.25, 0.3) is 0 Å². The van der Waals surface area contributed by atoms with Gasteiger partial charge in [0.05, 0.1) is 6.61 Å². The summed E-state index contributed by atoms with van der Waals surface area (Å²) in [6.45, 7) is 5.23. The van der Waals surface area contributed by atoms with E-state index in [1.807, 2.05) is 0 Å². The first-order chi connectivity index (χ1) is 17.0. The molecule has 0 aromatic rings. The molecule has 0 saturated carbocycles. The normalized spacial score (nSPS) is 11.4. The molecule has 0 aliphatic heterocycles. The summed E-state index contributed by atoms with van der Waals surface area (Å²) in [6, 6.07) is -0.634. The fourth-order valence-electron chi connectivity index (χ4n) is 4.12. The molecule has 0 aliphatic rings. The topological polar surface area (TPSA) is 120 Å². The molecular weight excluding hydrogens is 476 g/mol. The van der Waals surface area contributed by atoms with E-state index in [9.17, 15) is 9.59 Å². The number of aliphatic imine (C=N–C) groups is 1. The molecule has 8 heteroatoms. The number of carbonyl (C=O) groups excluding carboxylic acids is 2. The van der Waals surface area contributed by atoms with Crippen molar-refractivity contribution in [3.05, 3.63) is 0 Å². The van der Waals surface area contributed by atoms with Gasteiger partial charge in [0.1, 0.15) is 6.04 Å². The lowest BCUT2D eigenvalue weighted by atomic mass is 10.0. The van der Waals surface area contributed by atoms with Gasteiger partial charge in [0.2, 0.25) is 5.91 Å². The van der Waals surface area contributed by atoms with Crippen molar-refractivity contribution in [3.8, 4) is 0 Å². The van der Waals surface area contributed by atoms with Gasteiger partial charge in [-0.2, -0.15) is 0 Å². The van der Waals surface area contributed by atoms with Crippen molar-refractivity contribution in [1.82, 2.24) is 5.32 Å². The first kappa shape index (κ1) is 36.7. The molecule has 0 aromatic heterocycles. The first-order valence-electron chi connectivity index (χ1n) is 14.5. The maximum atomic E-state index is 12.5. The van der Waals surface area contributed by atoms with E-state index in [0.29, 0.717) is 32.4 Å². The zero-order valence-electron chi connectivity index (χ0n) is 23.4. The highest BCUT2D eigenvalue weighted by Gasteiger charge is 2.21. The van der Waals surface area contributed by atoms with Crippen LogP contribution in [-0.4, -0.2) is 37.0 Å². The molecule has 0 aromatic carbocycles. The predicted octanol–water partition coefficient (Wildman–Crippen LogP) is 6.55. The van der Waals surface area contributed by atoms with Crippen LogP contribution < -0.4 is 16.8 Å². The van der Waals surface area contributed by atoms with Crippen LogP contribution in [0.3, 0.4) is 0 Å². The fraction of sp³-hybridized carbons (Fsp3) is 0.893. The maximum Gasteiger partial charge on any atom is 0.328 e. The molecule has 0 spiro atoms. The second kappa shape index (κ2) is 28.1. The number of nitrogens with zero attached hydrogens (tertiary/aromatic N) is 1. The molecule has 5 N–H and O–H groups in total. The summed E-state index contributed by atoms with van der Waals surface area (Å²) in [5.74, 6) is -0.403. The minimum absolute atomic E-state index is 0. The molecule has 214 valence electrons. The van der Waals surface area contributed by atoms with Crippen molar-refractivity contribution >= 4 is 30.2 Å². The average molecular weight is 533 g/mol. The molecule has 36 heavy (non-hydrogen) atoms. The zero-order chi connectivity index (χ0) is 26.0. The molecule has 0 radical (unpaired) electrons. The lowest BCUT2D eigenvalue weighted by Crippen LogP contribution is -2.42. The number of esters is 1. The van der Waals surface area contributed by atoms with Crippen molar-refractivity contribution in [3.63, 3.8) is 0 Å². The SMILES string of the molecule is CCCCCCCCCCCCCCCC(=O)N[C@@H](CCCN=C(N)N)C(=O)OCCCCCC.Cl. The third-order valence-electron chi connectivity index (χ3n) is 6.31. The number of amides is 1. The Morgan fingerprint density at radius 3 is 1.69 bits per heavy atom. The Kier molecular flexibility index (Phi) is 28.6. The van der Waals surface area contributed by atoms with Gasteiger partial charge in [-0.25, -0.2) is 4.79 Å². The fourth-order valence-corrected chi connectivity index (χ4v) is 4.12. The summed E-state index contributed by atoms with van der Waals surface area (Å²) in [5.41, 5.74) is 10.7. The Morgan fingerprint density at radius 2 is 1.19 bits per heavy atom. The van der Waals surface area contributed by atoms with Gasteiger partial charge in [-0.3, -0.25) is 9.79 Å². The number of carbonyl (C=O) groups is 2. The van der Waals surface area contributed by atoms with Crippen LogP contribution in [0.1, 0.15) is 142 Å². The highest BCUT2D eigenvalue weighted by atomic mass is 35.5. The molecule has 0 bridgehead atoms. The van der Waals surface area contributed by atoms with Crippen molar-refractivity contribution in [2.24, 2.45) is 16.5 Å². The van der Waals surface area contributed by atoms with Crippen molar-refractivity contribution < 1.29 is 14.3 Å². The van der Waals surface area contributed by atoms with Gasteiger partial charge in [-0.1, -0.05) is 110 Å². The number of hydrogen-bond acceptors (Lipinski definition) is 4. The molecule has 0 heterocycles. The van der Waals surface area contributed by atoms with E-state index < -0.39 is 6.04 Å². The van der Waals surface area contributed by atoms with Crippen LogP contribution in [0.5, 0.6) is 0 Å². The average Bonchev–Trinajstić information content (AvgIpc) is 2.83. The van der Waals surface area contributed by atoms with Gasteiger partial charge < -0.3 is 21.5 Å². The number of nitrogens with one attached hydrogen (secondary N) is 1. The summed E-state index contributed by atoms with van der Waals surface area (Å²) < 4.78 is 5.41. The van der Waals surface area contributed by atoms with E-state index in [0.717, 1.165) is 38.5 Å². The van der Waals surface area contributed by atoms with E-state index in [2.05, 4.69) is 24.2 Å². The number of unbranched alkanes of at least 4 members (excludes halogenated alkanes) is 15. The van der Waals surface area contributed by atoms with Gasteiger partial charge in [-0.05, 0) is 25.7 Å². The number of ether oxygens (including phenoxy) is 1. The number of hydrogen-bond donors (Lipinski definition) is 3. The molecule has 1 amide bonds. The second-order valence-corrected chi connectivity index (χ2v) is 9.79. The molecule has 0 fully saturated rings. The molecule has 0 unspecified atom stereocenters. The van der Waals surface area contributed by atoms with Crippen LogP contribution >= 0.6 is 12.4 Å². The highest BCUT2D eigenvalue weighted by molar-refractivity contribution is 5.85. The molecular formula is C28H57ClN4O3. The van der Waals surface area contributed by atoms with Crippen LogP contribution in [0.2, 0.25) is 0 Å². The van der Waals surface area contributed by atoms with E-state index in [4.69, 9.17) is 16.2 Å². The number of guanidine groups is 1. The summed E-state index contributed by atoms with van der Waals surface area (Å²) in [6.07, 6.45) is 22.2. The van der Waals surface area contributed by atoms with Gasteiger partial charge >= 0.3 is 5.97 Å². The minimum atomic E-state index is -0.634. The molecule has 0 saturated heterocycles. The largest absolute Gasteiger partial charge is 0.464 e.